The largest absolute Gasteiger partial charge is 0.478 e. The summed E-state index contributed by atoms with van der Waals surface area (Å²) in [5.74, 6) is -2.19. The van der Waals surface area contributed by atoms with Crippen LogP contribution in [0.1, 0.15) is 92.0 Å². The lowest BCUT2D eigenvalue weighted by Crippen LogP contribution is -2.15. The second kappa shape index (κ2) is 45.6. The molecule has 15 aromatic rings. The molecule has 0 fully saturated rings. The predicted octanol–water partition coefficient (Wildman–Crippen LogP) is 13.2. The highest BCUT2D eigenvalue weighted by molar-refractivity contribution is 6.36. The Morgan fingerprint density at radius 2 is 0.593 bits per heavy atom. The van der Waals surface area contributed by atoms with Gasteiger partial charge in [0.1, 0.15) is 34.9 Å². The zero-order valence-electron chi connectivity index (χ0n) is 75.8. The third kappa shape index (κ3) is 26.5. The van der Waals surface area contributed by atoms with Crippen molar-refractivity contribution in [1.29, 1.82) is 0 Å². The fraction of sp³-hybridized carbons (Fsp3) is 0.227. The molecule has 5 aromatic carbocycles. The van der Waals surface area contributed by atoms with E-state index in [1.165, 1.54) is 66.9 Å². The number of hydrogen-bond donors (Lipinski definition) is 15. The second-order valence-electron chi connectivity index (χ2n) is 32.6. The van der Waals surface area contributed by atoms with Gasteiger partial charge in [0.2, 0.25) is 27.8 Å². The highest BCUT2D eigenvalue weighted by Gasteiger charge is 2.27. The van der Waals surface area contributed by atoms with E-state index in [1.807, 2.05) is 98.2 Å². The molecular formula is C97H101Cl2FN20O15. The molecule has 0 saturated carbocycles. The molecular weight excluding hydrogens is 1780 g/mol. The summed E-state index contributed by atoms with van der Waals surface area (Å²) >= 11 is 12.7. The minimum absolute atomic E-state index is 0.00969. The fourth-order valence-electron chi connectivity index (χ4n) is 14.1. The first-order valence-electron chi connectivity index (χ1n) is 42.2. The first-order valence-corrected chi connectivity index (χ1v) is 42.9. The van der Waals surface area contributed by atoms with E-state index in [-0.39, 0.29) is 66.2 Å². The minimum Gasteiger partial charge on any atom is -0.478 e. The second-order valence-corrected chi connectivity index (χ2v) is 33.4. The van der Waals surface area contributed by atoms with Gasteiger partial charge in [-0.1, -0.05) is 53.5 Å². The van der Waals surface area contributed by atoms with Crippen LogP contribution in [0.25, 0.3) is 113 Å². The number of nitrogens with zero attached hydrogens (tertiary/aromatic N) is 10. The van der Waals surface area contributed by atoms with Crippen LogP contribution in [0.15, 0.2) is 207 Å². The number of aromatic nitrogens is 15. The van der Waals surface area contributed by atoms with Crippen molar-refractivity contribution >= 4 is 53.0 Å². The number of carboxylic acid groups (broad SMARTS) is 5. The Balaban J connectivity index is 0.000000162. The maximum absolute atomic E-state index is 14.5. The maximum atomic E-state index is 14.5. The molecule has 700 valence electrons. The van der Waals surface area contributed by atoms with E-state index < -0.39 is 35.7 Å². The van der Waals surface area contributed by atoms with Crippen LogP contribution in [-0.4, -0.2) is 258 Å². The lowest BCUT2D eigenvalue weighted by Gasteiger charge is -2.09. The number of benzene rings is 5. The molecule has 10 heterocycles. The minimum atomic E-state index is -1.15. The van der Waals surface area contributed by atoms with Crippen LogP contribution in [0.5, 0.6) is 0 Å². The van der Waals surface area contributed by atoms with Crippen molar-refractivity contribution in [2.75, 3.05) is 103 Å². The fourth-order valence-corrected chi connectivity index (χ4v) is 14.6. The molecule has 0 atom stereocenters. The van der Waals surface area contributed by atoms with Gasteiger partial charge in [0.25, 0.3) is 0 Å². The summed E-state index contributed by atoms with van der Waals surface area (Å²) < 4.78 is 14.5. The van der Waals surface area contributed by atoms with E-state index in [9.17, 15) is 77.9 Å². The molecule has 0 unspecified atom stereocenters. The average Bonchev–Trinajstić information content (AvgIpc) is 1.68. The molecule has 38 heteroatoms. The molecule has 15 N–H and O–H groups in total. The Bertz CT molecular complexity index is 6310. The van der Waals surface area contributed by atoms with Gasteiger partial charge in [-0.25, -0.2) is 53.3 Å². The van der Waals surface area contributed by atoms with Crippen molar-refractivity contribution in [3.05, 3.63) is 318 Å². The van der Waals surface area contributed by atoms with Crippen LogP contribution < -0.4 is 27.8 Å². The topological polar surface area (TPSA) is 510 Å². The first-order chi connectivity index (χ1) is 64.3. The lowest BCUT2D eigenvalue weighted by atomic mass is 9.97. The maximum Gasteiger partial charge on any atom is 0.337 e. The number of aromatic carboxylic acids is 5. The van der Waals surface area contributed by atoms with Crippen molar-refractivity contribution in [2.45, 2.75) is 46.0 Å². The molecule has 0 amide bonds. The summed E-state index contributed by atoms with van der Waals surface area (Å²) in [4.78, 5) is 178. The molecule has 0 aliphatic heterocycles. The molecule has 0 aliphatic rings. The van der Waals surface area contributed by atoms with Gasteiger partial charge in [0.15, 0.2) is 0 Å². The van der Waals surface area contributed by atoms with Crippen LogP contribution in [0, 0.1) is 19.7 Å². The van der Waals surface area contributed by atoms with E-state index in [1.54, 1.807) is 111 Å². The molecule has 0 bridgehead atoms. The molecule has 0 aliphatic carbocycles. The Morgan fingerprint density at radius 3 is 0.911 bits per heavy atom. The van der Waals surface area contributed by atoms with E-state index in [0.29, 0.717) is 133 Å². The molecule has 35 nitrogen and oxygen atoms in total. The SMILES string of the molecule is CN(C)CCc1nc(-c2cc[nH]c(=O)c2)c(-c2cc(C(=O)O)ccc2Cl)[nH]1.CN(C)CCc1nc(-c2cc[nH]c(=O)c2)c(-c2cc(C(=O)O)ccc2F)[nH]1.CN(C)CCc1nc(-c2cc[nH]c(=O)c2)c(-c2cccc(C(=O)O)c2Cl)[nH]1.Cc1c(C(=O)O)cccc1-c1[nH]c(CCN(C)C)nc1-c1cc[nH]c(=O)c1.Cc1ccc(C(=O)O)cc1-c1[nH]c(CCN(C)C)nc1-c1cc[nH]c(=O)c1. The van der Waals surface area contributed by atoms with Gasteiger partial charge in [0, 0.05) is 182 Å². The summed E-state index contributed by atoms with van der Waals surface area (Å²) in [5, 5.41) is 47.2. The summed E-state index contributed by atoms with van der Waals surface area (Å²) in [5.41, 5.74) is 12.4. The molecule has 10 aromatic heterocycles. The monoisotopic (exact) mass is 1870 g/mol. The Labute approximate surface area is 782 Å². The zero-order valence-corrected chi connectivity index (χ0v) is 77.3. The normalized spacial score (nSPS) is 11.1. The summed E-state index contributed by atoms with van der Waals surface area (Å²) in [6.45, 7) is 7.62. The number of halogens is 3. The Hall–Kier alpha value is -15.4. The van der Waals surface area contributed by atoms with Crippen LogP contribution in [0.3, 0.4) is 0 Å². The number of hydrogen-bond acceptors (Lipinski definition) is 20. The van der Waals surface area contributed by atoms with E-state index in [0.717, 1.165) is 90.2 Å². The third-order valence-corrected chi connectivity index (χ3v) is 21.8. The number of imidazole rings is 5. The van der Waals surface area contributed by atoms with Gasteiger partial charge in [-0.15, -0.1) is 0 Å². The van der Waals surface area contributed by atoms with Crippen molar-refractivity contribution in [3.63, 3.8) is 0 Å². The van der Waals surface area contributed by atoms with Crippen LogP contribution in [-0.2, 0) is 32.1 Å². The average molecular weight is 1880 g/mol. The molecule has 15 rings (SSSR count). The number of rotatable bonds is 30. The first kappa shape index (κ1) is 100. The van der Waals surface area contributed by atoms with Gasteiger partial charge in [-0.3, -0.25) is 24.0 Å². The highest BCUT2D eigenvalue weighted by atomic mass is 35.5. The zero-order chi connectivity index (χ0) is 97.8. The Kier molecular flexibility index (Phi) is 33.8. The number of carboxylic acids is 5. The van der Waals surface area contributed by atoms with Crippen LogP contribution >= 0.6 is 23.2 Å². The quantitative estimate of drug-likeness (QED) is 0.0199. The summed E-state index contributed by atoms with van der Waals surface area (Å²) in [6, 6.07) is 39.0. The van der Waals surface area contributed by atoms with Gasteiger partial charge < -0.3 is 99.9 Å². The van der Waals surface area contributed by atoms with Gasteiger partial charge in [0.05, 0.1) is 94.8 Å². The predicted molar refractivity (Wildman–Crippen MR) is 516 cm³/mol. The van der Waals surface area contributed by atoms with Gasteiger partial charge >= 0.3 is 29.8 Å². The van der Waals surface area contributed by atoms with Crippen molar-refractivity contribution in [1.82, 2.24) is 99.3 Å². The number of likely N-dealkylation sites (N-methyl/N-ethyl adjacent to an activating group) is 5. The van der Waals surface area contributed by atoms with Gasteiger partial charge in [-0.2, -0.15) is 0 Å². The van der Waals surface area contributed by atoms with Crippen molar-refractivity contribution in [2.24, 2.45) is 0 Å². The summed E-state index contributed by atoms with van der Waals surface area (Å²) in [6.07, 6.45) is 11.1. The molecule has 0 saturated heterocycles. The smallest absolute Gasteiger partial charge is 0.337 e. The van der Waals surface area contributed by atoms with Crippen LogP contribution in [0.4, 0.5) is 4.39 Å². The highest BCUT2D eigenvalue weighted by Crippen LogP contribution is 2.40. The number of aromatic amines is 10. The van der Waals surface area contributed by atoms with Crippen molar-refractivity contribution in [3.8, 4) is 113 Å². The number of aryl methyl sites for hydroxylation is 1. The van der Waals surface area contributed by atoms with Gasteiger partial charge in [-0.05, 0) is 186 Å². The summed E-state index contributed by atoms with van der Waals surface area (Å²) in [7, 11) is 19.7. The number of H-pyrrole nitrogens is 10. The number of pyridine rings is 5. The third-order valence-electron chi connectivity index (χ3n) is 21.0. The number of nitrogens with one attached hydrogen (secondary N) is 10. The van der Waals surface area contributed by atoms with E-state index in [4.69, 9.17) is 33.2 Å². The van der Waals surface area contributed by atoms with Crippen LogP contribution in [0.2, 0.25) is 10.0 Å². The van der Waals surface area contributed by atoms with E-state index in [2.05, 4.69) is 74.6 Å². The van der Waals surface area contributed by atoms with Crippen molar-refractivity contribution < 1.29 is 53.9 Å². The lowest BCUT2D eigenvalue weighted by molar-refractivity contribution is 0.0685. The Morgan fingerprint density at radius 1 is 0.319 bits per heavy atom. The molecule has 135 heavy (non-hydrogen) atoms. The molecule has 0 spiro atoms. The van der Waals surface area contributed by atoms with E-state index >= 15 is 0 Å². The number of carbonyl (C=O) groups is 5. The standard InChI is InChI=1S/2C20H22N4O3.2C19H19ClN4O3.C19H19FN4O3/c1-12-4-5-14(20(26)27)10-15(12)19-18(13-6-8-21-17(25)11-13)22-16(23-19)7-9-24(2)3;1-12-14(5-4-6-15(12)20(26)27)19-18(13-7-9-21-17(25)11-13)22-16(23-19)8-10-24(2)3;1-24(2)8-6-15-22-17(11-5-7-21-16(25)10-11)18(23-15)13-9-12(19(26)27)3-4-14(13)20;1-24(2)9-7-14-22-17(11-6-8-21-15(25)10-11)18(23-14)12-4-3-5-13(16(12)20)19(26)27;1-24(2)8-6-15-22-17(11-5-7-21-16(25)10-11)18(23-15)13-9-12(19(26)27)3-4-14(13)20/h4-6,8,10-11H,7,9H2,1-3H3,(H,21,25)(H,22,23)(H,26,27);4-7,9,11H,8,10H2,1-3H3,(H,21,25)(H,22,23)(H,26,27);3-5,7,9-10H,6,8H2,1-2H3,(H,21,25)(H,22,23)(H,26,27);3-6,8,10H,7,9H2,1-2H3,(H,21,25)(H,22,23)(H,26,27);3-5,7,9-10H,6,8H2,1-2H3,(H,21,25)(H,22,23)(H,26,27). The molecule has 0 radical (unpaired) electrons.